The van der Waals surface area contributed by atoms with Crippen LogP contribution in [0.1, 0.15) is 32.6 Å². The molecule has 4 heteroatoms. The van der Waals surface area contributed by atoms with E-state index in [0.29, 0.717) is 18.9 Å². The summed E-state index contributed by atoms with van der Waals surface area (Å²) in [6, 6.07) is 0. The van der Waals surface area contributed by atoms with E-state index in [1.165, 1.54) is 0 Å². The Hall–Kier alpha value is 0.984. The minimum atomic E-state index is -0.518. The monoisotopic (exact) mass is 290 g/mol. The van der Waals surface area contributed by atoms with Crippen LogP contribution in [0.2, 0.25) is 0 Å². The van der Waals surface area contributed by atoms with Gasteiger partial charge in [-0.15, -0.1) is 0 Å². The first-order valence-electron chi connectivity index (χ1n) is 5.46. The molecule has 3 nitrogen and oxygen atoms in total. The second-order valence-electron chi connectivity index (χ2n) is 4.07. The quantitative estimate of drug-likeness (QED) is 0.763. The molecule has 1 rings (SSSR count). The summed E-state index contributed by atoms with van der Waals surface area (Å²) >= 11 is 0. The van der Waals surface area contributed by atoms with Crippen LogP contribution in [0.25, 0.3) is 0 Å². The molecule has 0 spiro atoms. The molecule has 1 aliphatic rings. The maximum atomic E-state index is 9.76. The molecule has 0 aromatic carbocycles. The molecule has 15 heavy (non-hydrogen) atoms. The van der Waals surface area contributed by atoms with E-state index >= 15 is 0 Å². The van der Waals surface area contributed by atoms with Crippen LogP contribution in [0.4, 0.5) is 0 Å². The Morgan fingerprint density at radius 3 is 2.20 bits per heavy atom. The zero-order valence-electron chi connectivity index (χ0n) is 9.43. The number of hydrogen-bond donors (Lipinski definition) is 2. The molecule has 0 amide bonds. The molecule has 1 radical (unpaired) electrons. The van der Waals surface area contributed by atoms with Crippen LogP contribution in [0.5, 0.6) is 0 Å². The van der Waals surface area contributed by atoms with Gasteiger partial charge in [-0.1, -0.05) is 13.3 Å². The van der Waals surface area contributed by atoms with Gasteiger partial charge in [0.1, 0.15) is 6.10 Å². The summed E-state index contributed by atoms with van der Waals surface area (Å²) in [6.45, 7) is 6.26. The van der Waals surface area contributed by atoms with Gasteiger partial charge in [0.05, 0.1) is 12.2 Å². The molecule has 0 aromatic heterocycles. The summed E-state index contributed by atoms with van der Waals surface area (Å²) in [6.07, 6.45) is 1.73. The Morgan fingerprint density at radius 1 is 1.27 bits per heavy atom. The molecule has 0 bridgehead atoms. The van der Waals surface area contributed by atoms with E-state index in [1.807, 2.05) is 0 Å². The fraction of sp³-hybridized carbons (Fsp3) is 0.909. The van der Waals surface area contributed by atoms with Gasteiger partial charge in [-0.2, -0.15) is 6.42 Å². The van der Waals surface area contributed by atoms with Crippen LogP contribution in [0, 0.1) is 12.8 Å². The molecule has 2 atom stereocenters. The second-order valence-corrected chi connectivity index (χ2v) is 4.07. The SMILES string of the molecule is [CH2-]CCOC1[C@@H](O)CC(CC)C[C@@H]1O.[Y]. The largest absolute Gasteiger partial charge is 0.390 e. The van der Waals surface area contributed by atoms with Crippen LogP contribution in [0.3, 0.4) is 0 Å². The molecule has 0 saturated heterocycles. The molecule has 2 N–H and O–H groups in total. The van der Waals surface area contributed by atoms with Crippen molar-refractivity contribution in [3.8, 4) is 0 Å². The minimum absolute atomic E-state index is 0. The summed E-state index contributed by atoms with van der Waals surface area (Å²) in [5.74, 6) is 0.430. The molecule has 0 unspecified atom stereocenters. The van der Waals surface area contributed by atoms with Crippen LogP contribution in [-0.4, -0.2) is 35.1 Å². The van der Waals surface area contributed by atoms with E-state index in [9.17, 15) is 10.2 Å². The molecular weight excluding hydrogens is 269 g/mol. The molecule has 1 aliphatic carbocycles. The maximum Gasteiger partial charge on any atom is 0.109 e. The Morgan fingerprint density at radius 2 is 1.80 bits per heavy atom. The normalized spacial score (nSPS) is 36.0. The summed E-state index contributed by atoms with van der Waals surface area (Å²) in [4.78, 5) is 0. The number of hydrogen-bond acceptors (Lipinski definition) is 3. The van der Waals surface area contributed by atoms with Crippen molar-refractivity contribution in [2.75, 3.05) is 6.61 Å². The molecule has 1 fully saturated rings. The Bertz CT molecular complexity index is 154. The van der Waals surface area contributed by atoms with Crippen molar-refractivity contribution in [1.29, 1.82) is 0 Å². The van der Waals surface area contributed by atoms with Crippen molar-refractivity contribution in [2.24, 2.45) is 5.92 Å². The van der Waals surface area contributed by atoms with Gasteiger partial charge in [-0.25, -0.2) is 0 Å². The van der Waals surface area contributed by atoms with Gasteiger partial charge >= 0.3 is 0 Å². The first kappa shape index (κ1) is 16.0. The predicted molar refractivity (Wildman–Crippen MR) is 54.7 cm³/mol. The second kappa shape index (κ2) is 8.13. The Labute approximate surface area is 117 Å². The third kappa shape index (κ3) is 4.78. The van der Waals surface area contributed by atoms with Gasteiger partial charge in [0.2, 0.25) is 0 Å². The molecule has 0 heterocycles. The zero-order valence-corrected chi connectivity index (χ0v) is 12.3. The fourth-order valence-corrected chi connectivity index (χ4v) is 2.08. The third-order valence-corrected chi connectivity index (χ3v) is 2.94. The molecule has 0 aliphatic heterocycles. The van der Waals surface area contributed by atoms with Crippen LogP contribution in [-0.2, 0) is 37.4 Å². The first-order valence-corrected chi connectivity index (χ1v) is 5.46. The number of ether oxygens (including phenoxy) is 1. The summed E-state index contributed by atoms with van der Waals surface area (Å²) in [7, 11) is 0. The number of rotatable bonds is 4. The average Bonchev–Trinajstić information content (AvgIpc) is 2.16. The van der Waals surface area contributed by atoms with Crippen molar-refractivity contribution in [3.63, 3.8) is 0 Å². The van der Waals surface area contributed by atoms with Gasteiger partial charge in [0.15, 0.2) is 0 Å². The number of aliphatic hydroxyl groups is 2. The van der Waals surface area contributed by atoms with Crippen molar-refractivity contribution in [3.05, 3.63) is 6.92 Å². The van der Waals surface area contributed by atoms with Crippen LogP contribution >= 0.6 is 0 Å². The van der Waals surface area contributed by atoms with Crippen LogP contribution in [0.15, 0.2) is 0 Å². The van der Waals surface area contributed by atoms with Crippen LogP contribution < -0.4 is 0 Å². The van der Waals surface area contributed by atoms with Crippen molar-refractivity contribution in [1.82, 2.24) is 0 Å². The van der Waals surface area contributed by atoms with E-state index in [2.05, 4.69) is 13.8 Å². The van der Waals surface area contributed by atoms with E-state index < -0.39 is 18.3 Å². The number of aliphatic hydroxyl groups excluding tert-OH is 2. The third-order valence-electron chi connectivity index (χ3n) is 2.94. The van der Waals surface area contributed by atoms with E-state index in [0.717, 1.165) is 19.3 Å². The Kier molecular flexibility index (Phi) is 8.66. The predicted octanol–water partition coefficient (Wildman–Crippen LogP) is 1.14. The fourth-order valence-electron chi connectivity index (χ4n) is 2.08. The van der Waals surface area contributed by atoms with Gasteiger partial charge in [0, 0.05) is 39.3 Å². The minimum Gasteiger partial charge on any atom is -0.390 e. The summed E-state index contributed by atoms with van der Waals surface area (Å²) in [5, 5.41) is 19.5. The van der Waals surface area contributed by atoms with Crippen molar-refractivity contribution < 1.29 is 47.7 Å². The summed E-state index contributed by atoms with van der Waals surface area (Å²) < 4.78 is 5.39. The smallest absolute Gasteiger partial charge is 0.109 e. The van der Waals surface area contributed by atoms with Gasteiger partial charge in [-0.3, -0.25) is 0 Å². The van der Waals surface area contributed by atoms with Gasteiger partial charge < -0.3 is 21.9 Å². The standard InChI is InChI=1S/C11H21O3.Y/c1-3-5-14-11-9(12)6-8(4-2)7-10(11)13;/h8-13H,1,3-7H2,2H3;/q-1;/t8?,9-,10-,11?;/m0./s1. The molecule has 1 saturated carbocycles. The first-order chi connectivity index (χ1) is 6.69. The van der Waals surface area contributed by atoms with Gasteiger partial charge in [0.25, 0.3) is 0 Å². The topological polar surface area (TPSA) is 49.7 Å². The van der Waals surface area contributed by atoms with Crippen molar-refractivity contribution >= 4 is 0 Å². The van der Waals surface area contributed by atoms with E-state index in [1.54, 1.807) is 0 Å². The summed E-state index contributed by atoms with van der Waals surface area (Å²) in [5.41, 5.74) is 0. The zero-order chi connectivity index (χ0) is 10.6. The van der Waals surface area contributed by atoms with Gasteiger partial charge in [-0.05, 0) is 18.8 Å². The average molecular weight is 290 g/mol. The maximum absolute atomic E-state index is 9.76. The van der Waals surface area contributed by atoms with E-state index in [4.69, 9.17) is 4.74 Å². The molecule has 87 valence electrons. The Balaban J connectivity index is 0.00000196. The van der Waals surface area contributed by atoms with Crippen molar-refractivity contribution in [2.45, 2.75) is 50.9 Å². The molecular formula is C11H21O3Y-. The van der Waals surface area contributed by atoms with E-state index in [-0.39, 0.29) is 32.7 Å². The molecule has 0 aromatic rings.